The minimum Gasteiger partial charge on any atom is -0.855 e. The SMILES string of the molecule is CC[O-].CC[O-].CC[O-].[Ga+3]. The number of hydrogen-bond donors (Lipinski definition) is 0. The fourth-order valence-corrected chi connectivity index (χ4v) is 0. The van der Waals surface area contributed by atoms with Gasteiger partial charge >= 0.3 is 19.8 Å². The van der Waals surface area contributed by atoms with E-state index < -0.39 is 0 Å². The van der Waals surface area contributed by atoms with Crippen LogP contribution in [0.3, 0.4) is 0 Å². The maximum Gasteiger partial charge on any atom is 3.00 e. The topological polar surface area (TPSA) is 69.2 Å². The van der Waals surface area contributed by atoms with E-state index in [2.05, 4.69) is 0 Å². The minimum atomic E-state index is 0. The van der Waals surface area contributed by atoms with Gasteiger partial charge in [0.25, 0.3) is 0 Å². The molecule has 0 unspecified atom stereocenters. The summed E-state index contributed by atoms with van der Waals surface area (Å²) in [6.45, 7) is 4.71. The van der Waals surface area contributed by atoms with Gasteiger partial charge in [-0.05, 0) is 0 Å². The molecule has 0 heterocycles. The summed E-state index contributed by atoms with van der Waals surface area (Å²) in [7, 11) is 0. The number of hydrogen-bond acceptors (Lipinski definition) is 3. The summed E-state index contributed by atoms with van der Waals surface area (Å²) in [5.74, 6) is 0. The molecule has 10 heavy (non-hydrogen) atoms. The third-order valence-electron chi connectivity index (χ3n) is 0. The quantitative estimate of drug-likeness (QED) is 0.418. The average Bonchev–Trinajstić information content (AvgIpc) is 1.70. The Morgan fingerprint density at radius 3 is 0.700 bits per heavy atom. The summed E-state index contributed by atoms with van der Waals surface area (Å²) in [5, 5.41) is 26.8. The summed E-state index contributed by atoms with van der Waals surface area (Å²) in [4.78, 5) is 0. The van der Waals surface area contributed by atoms with Crippen LogP contribution in [0.4, 0.5) is 0 Å². The minimum absolute atomic E-state index is 0. The largest absolute Gasteiger partial charge is 3.00 e. The smallest absolute Gasteiger partial charge is 0.855 e. The van der Waals surface area contributed by atoms with Crippen LogP contribution in [0, 0.1) is 0 Å². The van der Waals surface area contributed by atoms with Crippen molar-refractivity contribution in [2.24, 2.45) is 0 Å². The van der Waals surface area contributed by atoms with Crippen LogP contribution in [-0.2, 0) is 0 Å². The molecule has 0 aromatic rings. The molecule has 0 fully saturated rings. The van der Waals surface area contributed by atoms with Crippen molar-refractivity contribution < 1.29 is 15.3 Å². The Morgan fingerprint density at radius 1 is 0.700 bits per heavy atom. The van der Waals surface area contributed by atoms with Crippen molar-refractivity contribution in [1.82, 2.24) is 0 Å². The zero-order chi connectivity index (χ0) is 8.12. The average molecular weight is 205 g/mol. The Hall–Kier alpha value is 0.516. The van der Waals surface area contributed by atoms with Crippen LogP contribution in [-0.4, -0.2) is 39.6 Å². The molecule has 0 atom stereocenters. The zero-order valence-electron chi connectivity index (χ0n) is 6.92. The summed E-state index contributed by atoms with van der Waals surface area (Å²) in [6.07, 6.45) is 0. The molecule has 0 aliphatic carbocycles. The van der Waals surface area contributed by atoms with E-state index in [1.807, 2.05) is 0 Å². The van der Waals surface area contributed by atoms with Gasteiger partial charge in [0.15, 0.2) is 0 Å². The van der Waals surface area contributed by atoms with Gasteiger partial charge in [0, 0.05) is 0 Å². The van der Waals surface area contributed by atoms with Gasteiger partial charge in [-0.3, -0.25) is 0 Å². The summed E-state index contributed by atoms with van der Waals surface area (Å²) < 4.78 is 0. The van der Waals surface area contributed by atoms with Crippen LogP contribution < -0.4 is 15.3 Å². The maximum absolute atomic E-state index is 8.93. The summed E-state index contributed by atoms with van der Waals surface area (Å²) in [6, 6.07) is 0. The van der Waals surface area contributed by atoms with Crippen molar-refractivity contribution in [3.05, 3.63) is 0 Å². The van der Waals surface area contributed by atoms with Gasteiger partial charge in [-0.2, -0.15) is 0 Å². The first-order chi connectivity index (χ1) is 4.24. The molecule has 0 saturated heterocycles. The van der Waals surface area contributed by atoms with Crippen LogP contribution in [0.15, 0.2) is 0 Å². The van der Waals surface area contributed by atoms with Gasteiger partial charge in [0.1, 0.15) is 0 Å². The molecule has 0 radical (unpaired) electrons. The predicted octanol–water partition coefficient (Wildman–Crippen LogP) is -2.28. The van der Waals surface area contributed by atoms with Crippen LogP contribution in [0.2, 0.25) is 0 Å². The molecule has 0 aromatic heterocycles. The molecule has 0 saturated carbocycles. The number of rotatable bonds is 0. The molecule has 0 aliphatic heterocycles. The molecular weight excluding hydrogens is 190 g/mol. The van der Waals surface area contributed by atoms with Crippen molar-refractivity contribution in [1.29, 1.82) is 0 Å². The van der Waals surface area contributed by atoms with Gasteiger partial charge in [0.2, 0.25) is 0 Å². The van der Waals surface area contributed by atoms with E-state index in [1.165, 1.54) is 0 Å². The second-order valence-corrected chi connectivity index (χ2v) is 0.866. The zero-order valence-corrected chi connectivity index (χ0v) is 9.35. The Bertz CT molecular complexity index is 17.7. The Kier molecular flexibility index (Phi) is 125. The first-order valence-electron chi connectivity index (χ1n) is 2.99. The van der Waals surface area contributed by atoms with Crippen molar-refractivity contribution >= 4 is 19.8 Å². The third kappa shape index (κ3) is 1800. The first kappa shape index (κ1) is 22.4. The Labute approximate surface area is 76.1 Å². The molecule has 4 heteroatoms. The van der Waals surface area contributed by atoms with Crippen molar-refractivity contribution in [2.75, 3.05) is 19.8 Å². The second-order valence-electron chi connectivity index (χ2n) is 0.866. The first-order valence-corrected chi connectivity index (χ1v) is 2.99. The van der Waals surface area contributed by atoms with Crippen molar-refractivity contribution in [2.45, 2.75) is 20.8 Å². The fourth-order valence-electron chi connectivity index (χ4n) is 0. The normalized spacial score (nSPS) is 5.40. The van der Waals surface area contributed by atoms with E-state index in [4.69, 9.17) is 15.3 Å². The predicted molar refractivity (Wildman–Crippen MR) is 37.4 cm³/mol. The molecular formula is C6H15GaO3. The van der Waals surface area contributed by atoms with E-state index in [1.54, 1.807) is 20.8 Å². The molecule has 0 aromatic carbocycles. The third-order valence-corrected chi connectivity index (χ3v) is 0. The van der Waals surface area contributed by atoms with Crippen LogP contribution in [0.25, 0.3) is 0 Å². The van der Waals surface area contributed by atoms with Gasteiger partial charge in [-0.1, -0.05) is 20.8 Å². The van der Waals surface area contributed by atoms with Crippen LogP contribution in [0.1, 0.15) is 20.8 Å². The molecule has 0 amide bonds. The van der Waals surface area contributed by atoms with E-state index in [0.717, 1.165) is 0 Å². The molecule has 0 rings (SSSR count). The van der Waals surface area contributed by atoms with E-state index in [9.17, 15) is 0 Å². The van der Waals surface area contributed by atoms with E-state index in [0.29, 0.717) is 0 Å². The van der Waals surface area contributed by atoms with Gasteiger partial charge < -0.3 is 15.3 Å². The Morgan fingerprint density at radius 2 is 0.700 bits per heavy atom. The molecule has 0 aliphatic rings. The van der Waals surface area contributed by atoms with Crippen molar-refractivity contribution in [3.8, 4) is 0 Å². The molecule has 0 N–H and O–H groups in total. The van der Waals surface area contributed by atoms with Gasteiger partial charge in [-0.15, -0.1) is 19.8 Å². The Balaban J connectivity index is -0.0000000257. The summed E-state index contributed by atoms with van der Waals surface area (Å²) in [5.41, 5.74) is 0. The monoisotopic (exact) mass is 204 g/mol. The van der Waals surface area contributed by atoms with Gasteiger partial charge in [-0.25, -0.2) is 0 Å². The second kappa shape index (κ2) is 55.8. The summed E-state index contributed by atoms with van der Waals surface area (Å²) >= 11 is 0. The molecule has 60 valence electrons. The fraction of sp³-hybridized carbons (Fsp3) is 1.00. The molecule has 3 nitrogen and oxygen atoms in total. The standard InChI is InChI=1S/3C2H5O.Ga/c3*1-2-3;/h3*2H2,1H3;/q3*-1;+3. The van der Waals surface area contributed by atoms with Gasteiger partial charge in [0.05, 0.1) is 0 Å². The van der Waals surface area contributed by atoms with Crippen molar-refractivity contribution in [3.63, 3.8) is 0 Å². The molecule has 0 bridgehead atoms. The van der Waals surface area contributed by atoms with Crippen LogP contribution >= 0.6 is 0 Å². The maximum atomic E-state index is 8.93. The van der Waals surface area contributed by atoms with E-state index in [-0.39, 0.29) is 39.6 Å². The van der Waals surface area contributed by atoms with Crippen LogP contribution in [0.5, 0.6) is 0 Å². The molecule has 0 spiro atoms. The van der Waals surface area contributed by atoms with E-state index >= 15 is 0 Å².